The van der Waals surface area contributed by atoms with Gasteiger partial charge in [0.25, 0.3) is 5.91 Å². The minimum atomic E-state index is -0.125. The Hall–Kier alpha value is -3.86. The van der Waals surface area contributed by atoms with E-state index in [4.69, 9.17) is 4.74 Å². The van der Waals surface area contributed by atoms with Crippen molar-refractivity contribution >= 4 is 22.7 Å². The molecule has 0 saturated carbocycles. The number of allylic oxidation sites excluding steroid dienone is 3. The van der Waals surface area contributed by atoms with Crippen LogP contribution in [-0.2, 0) is 11.2 Å². The fourth-order valence-electron chi connectivity index (χ4n) is 3.87. The molecule has 0 unspecified atom stereocenters. The van der Waals surface area contributed by atoms with Gasteiger partial charge in [-0.05, 0) is 61.7 Å². The number of amides is 1. The molecule has 0 aliphatic heterocycles. The summed E-state index contributed by atoms with van der Waals surface area (Å²) in [6.07, 6.45) is 6.17. The smallest absolute Gasteiger partial charge is 0.262 e. The lowest BCUT2D eigenvalue weighted by Crippen LogP contribution is -2.26. The number of methoxy groups -OCH3 is 1. The quantitative estimate of drug-likeness (QED) is 0.457. The van der Waals surface area contributed by atoms with Crippen LogP contribution in [0.15, 0.2) is 79.4 Å². The molecule has 0 saturated heterocycles. The van der Waals surface area contributed by atoms with Gasteiger partial charge in [-0.1, -0.05) is 49.1 Å². The van der Waals surface area contributed by atoms with Crippen molar-refractivity contribution in [3.63, 3.8) is 0 Å². The number of aryl methyl sites for hydroxylation is 1. The molecule has 1 heterocycles. The molecule has 5 heteroatoms. The normalized spacial score (nSPS) is 11.3. The Morgan fingerprint density at radius 2 is 1.82 bits per heavy atom. The van der Waals surface area contributed by atoms with Crippen LogP contribution in [0.3, 0.4) is 0 Å². The molecule has 0 radical (unpaired) electrons. The number of carbonyl (C=O) groups excluding carboxylic acids is 2. The molecule has 1 aromatic heterocycles. The molecule has 1 amide bonds. The van der Waals surface area contributed by atoms with Gasteiger partial charge in [0.15, 0.2) is 0 Å². The number of aromatic nitrogens is 1. The van der Waals surface area contributed by atoms with Gasteiger partial charge >= 0.3 is 0 Å². The van der Waals surface area contributed by atoms with Gasteiger partial charge in [-0.3, -0.25) is 14.2 Å². The summed E-state index contributed by atoms with van der Waals surface area (Å²) in [6.45, 7) is 11.8. The van der Waals surface area contributed by atoms with Gasteiger partial charge in [0.05, 0.1) is 19.0 Å². The number of carbonyl (C=O) groups is 2. The van der Waals surface area contributed by atoms with Crippen molar-refractivity contribution in [2.75, 3.05) is 13.7 Å². The highest BCUT2D eigenvalue weighted by atomic mass is 16.5. The van der Waals surface area contributed by atoms with Crippen molar-refractivity contribution in [3.05, 3.63) is 102 Å². The monoisotopic (exact) mass is 442 g/mol. The molecule has 0 spiro atoms. The van der Waals surface area contributed by atoms with Crippen LogP contribution in [0, 0.1) is 13.8 Å². The van der Waals surface area contributed by atoms with Crippen LogP contribution < -0.4 is 10.1 Å². The lowest BCUT2D eigenvalue weighted by atomic mass is 10.1. The minimum Gasteiger partial charge on any atom is -0.497 e. The van der Waals surface area contributed by atoms with Gasteiger partial charge in [-0.15, -0.1) is 0 Å². The Morgan fingerprint density at radius 3 is 2.45 bits per heavy atom. The van der Waals surface area contributed by atoms with Crippen LogP contribution in [0.4, 0.5) is 0 Å². The summed E-state index contributed by atoms with van der Waals surface area (Å²) >= 11 is 0. The minimum absolute atomic E-state index is 0.107. The van der Waals surface area contributed by atoms with Crippen molar-refractivity contribution in [2.45, 2.75) is 26.7 Å². The lowest BCUT2D eigenvalue weighted by molar-refractivity contribution is -0.120. The Bertz CT molecular complexity index is 1230. The summed E-state index contributed by atoms with van der Waals surface area (Å²) in [5.74, 6) is 0.443. The van der Waals surface area contributed by atoms with Crippen LogP contribution in [0.1, 0.15) is 33.6 Å². The van der Waals surface area contributed by atoms with Gasteiger partial charge in [0, 0.05) is 23.2 Å². The van der Waals surface area contributed by atoms with E-state index < -0.39 is 0 Å². The summed E-state index contributed by atoms with van der Waals surface area (Å²) < 4.78 is 7.08. The molecule has 33 heavy (non-hydrogen) atoms. The lowest BCUT2D eigenvalue weighted by Gasteiger charge is -2.09. The molecule has 0 atom stereocenters. The second kappa shape index (κ2) is 10.6. The molecule has 0 aliphatic rings. The zero-order valence-corrected chi connectivity index (χ0v) is 19.5. The van der Waals surface area contributed by atoms with Crippen LogP contribution in [0.2, 0.25) is 0 Å². The number of hydrogen-bond acceptors (Lipinski definition) is 3. The topological polar surface area (TPSA) is 60.3 Å². The van der Waals surface area contributed by atoms with Crippen molar-refractivity contribution in [3.8, 4) is 5.75 Å². The average molecular weight is 443 g/mol. The van der Waals surface area contributed by atoms with Crippen LogP contribution in [0.25, 0.3) is 10.9 Å². The van der Waals surface area contributed by atoms with Gasteiger partial charge in [0.1, 0.15) is 5.75 Å². The summed E-state index contributed by atoms with van der Waals surface area (Å²) in [5.41, 5.74) is 5.00. The first-order chi connectivity index (χ1) is 15.9. The predicted molar refractivity (Wildman–Crippen MR) is 134 cm³/mol. The van der Waals surface area contributed by atoms with E-state index in [0.29, 0.717) is 24.3 Å². The first-order valence-corrected chi connectivity index (χ1v) is 10.9. The van der Waals surface area contributed by atoms with Crippen LogP contribution >= 0.6 is 0 Å². The van der Waals surface area contributed by atoms with Gasteiger partial charge in [0.2, 0.25) is 5.91 Å². The highest BCUT2D eigenvalue weighted by molar-refractivity contribution is 6.05. The fourth-order valence-corrected chi connectivity index (χ4v) is 3.87. The number of hydrogen-bond donors (Lipinski definition) is 1. The summed E-state index contributed by atoms with van der Waals surface area (Å²) in [4.78, 5) is 26.2. The second-order valence-electron chi connectivity index (χ2n) is 7.91. The zero-order chi connectivity index (χ0) is 24.0. The molecule has 170 valence electrons. The number of rotatable bonds is 9. The van der Waals surface area contributed by atoms with Gasteiger partial charge in [-0.2, -0.15) is 0 Å². The molecular formula is C28H30N2O3. The number of fused-ring (bicyclic) bond motifs is 1. The van der Waals surface area contributed by atoms with E-state index in [1.54, 1.807) is 23.8 Å². The Morgan fingerprint density at radius 1 is 1.09 bits per heavy atom. The first kappa shape index (κ1) is 23.8. The maximum absolute atomic E-state index is 13.4. The van der Waals surface area contributed by atoms with Crippen molar-refractivity contribution < 1.29 is 14.3 Å². The van der Waals surface area contributed by atoms with E-state index >= 15 is 0 Å². The summed E-state index contributed by atoms with van der Waals surface area (Å²) in [6, 6.07) is 13.1. The summed E-state index contributed by atoms with van der Waals surface area (Å²) in [7, 11) is 1.60. The number of ether oxygens (including phenoxy) is 1. The molecule has 0 bridgehead atoms. The largest absolute Gasteiger partial charge is 0.497 e. The fraction of sp³-hybridized carbons (Fsp3) is 0.214. The van der Waals surface area contributed by atoms with E-state index in [0.717, 1.165) is 33.3 Å². The van der Waals surface area contributed by atoms with Crippen molar-refractivity contribution in [2.24, 2.45) is 0 Å². The van der Waals surface area contributed by atoms with Crippen molar-refractivity contribution in [1.82, 2.24) is 9.88 Å². The van der Waals surface area contributed by atoms with Gasteiger partial charge in [-0.25, -0.2) is 0 Å². The van der Waals surface area contributed by atoms with Gasteiger partial charge < -0.3 is 10.1 Å². The van der Waals surface area contributed by atoms with E-state index in [-0.39, 0.29) is 18.2 Å². The molecule has 5 nitrogen and oxygen atoms in total. The van der Waals surface area contributed by atoms with Crippen LogP contribution in [-0.4, -0.2) is 30.0 Å². The Kier molecular flexibility index (Phi) is 7.67. The Balaban J connectivity index is 1.93. The second-order valence-corrected chi connectivity index (χ2v) is 7.91. The third-order valence-corrected chi connectivity index (χ3v) is 5.71. The molecule has 3 rings (SSSR count). The SMILES string of the molecule is C=C/C=C(\C=C)CCNC(=O)Cc1c(C)n(C(=O)c2ccc(C)cc2)c2ccc(OC)cc12. The van der Waals surface area contributed by atoms with E-state index in [1.165, 1.54) is 0 Å². The standard InChI is InChI=1S/C28H30N2O3/c1-6-8-21(7-2)15-16-29-27(31)18-24-20(4)30(26-14-13-23(33-5)17-25(24)26)28(32)22-11-9-19(3)10-12-22/h6-14,17H,1-2,15-16,18H2,3-5H3,(H,29,31)/b21-8+. The maximum atomic E-state index is 13.4. The zero-order valence-electron chi connectivity index (χ0n) is 19.5. The van der Waals surface area contributed by atoms with Crippen LogP contribution in [0.5, 0.6) is 5.75 Å². The Labute approximate surface area is 195 Å². The average Bonchev–Trinajstić information content (AvgIpc) is 3.08. The van der Waals surface area contributed by atoms with Crippen molar-refractivity contribution in [1.29, 1.82) is 0 Å². The first-order valence-electron chi connectivity index (χ1n) is 10.9. The molecule has 2 aromatic carbocycles. The third kappa shape index (κ3) is 5.32. The molecule has 3 aromatic rings. The number of benzene rings is 2. The predicted octanol–water partition coefficient (Wildman–Crippen LogP) is 5.30. The number of nitrogens with zero attached hydrogens (tertiary/aromatic N) is 1. The molecule has 1 N–H and O–H groups in total. The van der Waals surface area contributed by atoms with E-state index in [9.17, 15) is 9.59 Å². The molecule has 0 aliphatic carbocycles. The molecular weight excluding hydrogens is 412 g/mol. The summed E-state index contributed by atoms with van der Waals surface area (Å²) in [5, 5.41) is 3.80. The highest BCUT2D eigenvalue weighted by Gasteiger charge is 2.22. The maximum Gasteiger partial charge on any atom is 0.262 e. The van der Waals surface area contributed by atoms with E-state index in [2.05, 4.69) is 18.5 Å². The highest BCUT2D eigenvalue weighted by Crippen LogP contribution is 2.30. The molecule has 0 fully saturated rings. The third-order valence-electron chi connectivity index (χ3n) is 5.71. The van der Waals surface area contributed by atoms with E-state index in [1.807, 2.05) is 62.4 Å². The number of nitrogens with one attached hydrogen (secondary N) is 1.